The molecule has 32 heavy (non-hydrogen) atoms. The average molecular weight is 559 g/mol. The molecule has 0 spiro atoms. The molecule has 3 aromatic rings. The lowest BCUT2D eigenvalue weighted by molar-refractivity contribution is 0.399. The third kappa shape index (κ3) is 3.73. The van der Waals surface area contributed by atoms with Gasteiger partial charge in [0.25, 0.3) is 0 Å². The van der Waals surface area contributed by atoms with Crippen molar-refractivity contribution >= 4 is 43.9 Å². The SMILES string of the molecule is COc1ccc(Br)cc1/C=C1\CCCC2=C1Nc1nnnn1C2c1cc(Br)ccc1OC. The maximum atomic E-state index is 5.71. The van der Waals surface area contributed by atoms with E-state index in [1.807, 2.05) is 28.9 Å². The predicted molar refractivity (Wildman–Crippen MR) is 130 cm³/mol. The Morgan fingerprint density at radius 1 is 1.03 bits per heavy atom. The summed E-state index contributed by atoms with van der Waals surface area (Å²) in [5, 5.41) is 16.0. The Hall–Kier alpha value is -2.65. The molecule has 5 rings (SSSR count). The molecule has 1 aromatic heterocycles. The van der Waals surface area contributed by atoms with Crippen LogP contribution < -0.4 is 14.8 Å². The number of halogens is 2. The highest BCUT2D eigenvalue weighted by Crippen LogP contribution is 2.46. The maximum Gasteiger partial charge on any atom is 0.248 e. The zero-order chi connectivity index (χ0) is 22.2. The van der Waals surface area contributed by atoms with Crippen molar-refractivity contribution in [2.24, 2.45) is 0 Å². The Kier molecular flexibility index (Phi) is 5.77. The lowest BCUT2D eigenvalue weighted by Gasteiger charge is -2.34. The van der Waals surface area contributed by atoms with Gasteiger partial charge in [-0.3, -0.25) is 0 Å². The first kappa shape index (κ1) is 21.2. The molecule has 0 saturated carbocycles. The number of methoxy groups -OCH3 is 2. The molecule has 1 atom stereocenters. The van der Waals surface area contributed by atoms with Gasteiger partial charge in [0, 0.05) is 25.8 Å². The molecule has 2 aliphatic rings. The van der Waals surface area contributed by atoms with Crippen LogP contribution in [0.3, 0.4) is 0 Å². The van der Waals surface area contributed by atoms with Crippen molar-refractivity contribution in [2.75, 3.05) is 19.5 Å². The minimum absolute atomic E-state index is 0.156. The summed E-state index contributed by atoms with van der Waals surface area (Å²) in [6, 6.07) is 11.9. The normalized spacial score (nSPS) is 18.8. The van der Waals surface area contributed by atoms with Gasteiger partial charge in [0.2, 0.25) is 5.95 Å². The summed E-state index contributed by atoms with van der Waals surface area (Å²) in [6.45, 7) is 0. The Labute approximate surface area is 202 Å². The highest BCUT2D eigenvalue weighted by molar-refractivity contribution is 9.10. The number of fused-ring (bicyclic) bond motifs is 1. The van der Waals surface area contributed by atoms with Crippen molar-refractivity contribution < 1.29 is 9.47 Å². The van der Waals surface area contributed by atoms with Gasteiger partial charge in [0.1, 0.15) is 17.5 Å². The van der Waals surface area contributed by atoms with E-state index in [0.717, 1.165) is 56.5 Å². The molecule has 2 heterocycles. The fourth-order valence-corrected chi connectivity index (χ4v) is 5.21. The molecule has 164 valence electrons. The molecule has 0 saturated heterocycles. The van der Waals surface area contributed by atoms with E-state index in [0.29, 0.717) is 5.95 Å². The third-order valence-corrected chi connectivity index (χ3v) is 6.83. The van der Waals surface area contributed by atoms with E-state index >= 15 is 0 Å². The molecule has 0 fully saturated rings. The molecule has 2 aromatic carbocycles. The summed E-state index contributed by atoms with van der Waals surface area (Å²) in [4.78, 5) is 0. The van der Waals surface area contributed by atoms with Crippen LogP contribution in [0.1, 0.15) is 36.4 Å². The number of nitrogens with one attached hydrogen (secondary N) is 1. The second kappa shape index (κ2) is 8.71. The van der Waals surface area contributed by atoms with Crippen LogP contribution in [-0.2, 0) is 0 Å². The Morgan fingerprint density at radius 2 is 1.78 bits per heavy atom. The van der Waals surface area contributed by atoms with Crippen molar-refractivity contribution in [1.82, 2.24) is 20.2 Å². The molecule has 1 aliphatic carbocycles. The highest BCUT2D eigenvalue weighted by Gasteiger charge is 2.35. The molecule has 0 amide bonds. The molecule has 0 bridgehead atoms. The van der Waals surface area contributed by atoms with Crippen molar-refractivity contribution in [3.05, 3.63) is 73.3 Å². The van der Waals surface area contributed by atoms with Crippen LogP contribution in [0.5, 0.6) is 11.5 Å². The molecule has 1 N–H and O–H groups in total. The van der Waals surface area contributed by atoms with Gasteiger partial charge in [-0.25, -0.2) is 0 Å². The molecule has 9 heteroatoms. The summed E-state index contributed by atoms with van der Waals surface area (Å²) in [5.74, 6) is 2.25. The van der Waals surface area contributed by atoms with Gasteiger partial charge in [-0.05, 0) is 83.3 Å². The zero-order valence-electron chi connectivity index (χ0n) is 17.6. The number of aromatic nitrogens is 4. The van der Waals surface area contributed by atoms with Crippen molar-refractivity contribution in [1.29, 1.82) is 0 Å². The lowest BCUT2D eigenvalue weighted by atomic mass is 9.83. The Balaban J connectivity index is 1.69. The summed E-state index contributed by atoms with van der Waals surface area (Å²) < 4.78 is 15.1. The quantitative estimate of drug-likeness (QED) is 0.439. The largest absolute Gasteiger partial charge is 0.496 e. The monoisotopic (exact) mass is 557 g/mol. The van der Waals surface area contributed by atoms with Crippen LogP contribution in [0.4, 0.5) is 5.95 Å². The van der Waals surface area contributed by atoms with Crippen molar-refractivity contribution in [3.8, 4) is 11.5 Å². The number of hydrogen-bond donors (Lipinski definition) is 1. The number of allylic oxidation sites excluding steroid dienone is 2. The van der Waals surface area contributed by atoms with Gasteiger partial charge < -0.3 is 14.8 Å². The maximum absolute atomic E-state index is 5.71. The van der Waals surface area contributed by atoms with Gasteiger partial charge in [-0.15, -0.1) is 0 Å². The number of nitrogens with zero attached hydrogens (tertiary/aromatic N) is 4. The van der Waals surface area contributed by atoms with Gasteiger partial charge in [0.05, 0.1) is 14.2 Å². The first-order chi connectivity index (χ1) is 15.6. The fourth-order valence-electron chi connectivity index (χ4n) is 4.46. The Bertz CT molecular complexity index is 1250. The first-order valence-corrected chi connectivity index (χ1v) is 11.8. The standard InChI is InChI=1S/C23H21Br2N5O2/c1-31-19-8-6-15(24)11-14(19)10-13-4-3-5-17-21(13)26-23-27-28-29-30(23)22(17)18-12-16(25)7-9-20(18)32-2/h6-12,22H,3-5H2,1-2H3,(H,26,27,29)/b13-10+. The molecular formula is C23H21Br2N5O2. The van der Waals surface area contributed by atoms with Gasteiger partial charge >= 0.3 is 0 Å². The molecule has 7 nitrogen and oxygen atoms in total. The summed E-state index contributed by atoms with van der Waals surface area (Å²) in [6.07, 6.45) is 5.12. The topological polar surface area (TPSA) is 74.1 Å². The predicted octanol–water partition coefficient (Wildman–Crippen LogP) is 5.75. The summed E-state index contributed by atoms with van der Waals surface area (Å²) in [7, 11) is 3.38. The van der Waals surface area contributed by atoms with Crippen LogP contribution in [0.2, 0.25) is 0 Å². The van der Waals surface area contributed by atoms with Crippen molar-refractivity contribution in [2.45, 2.75) is 25.3 Å². The van der Waals surface area contributed by atoms with Crippen LogP contribution in [-0.4, -0.2) is 34.4 Å². The van der Waals surface area contributed by atoms with E-state index in [1.165, 1.54) is 11.1 Å². The van der Waals surface area contributed by atoms with Crippen LogP contribution in [0.25, 0.3) is 6.08 Å². The molecule has 1 unspecified atom stereocenters. The van der Waals surface area contributed by atoms with E-state index in [1.54, 1.807) is 14.2 Å². The number of ether oxygens (including phenoxy) is 2. The zero-order valence-corrected chi connectivity index (χ0v) is 20.8. The lowest BCUT2D eigenvalue weighted by Crippen LogP contribution is -2.28. The minimum atomic E-state index is -0.156. The molecule has 0 radical (unpaired) electrons. The van der Waals surface area contributed by atoms with Crippen LogP contribution in [0, 0.1) is 0 Å². The number of rotatable bonds is 4. The minimum Gasteiger partial charge on any atom is -0.496 e. The van der Waals surface area contributed by atoms with E-state index < -0.39 is 0 Å². The molecular weight excluding hydrogens is 538 g/mol. The highest BCUT2D eigenvalue weighted by atomic mass is 79.9. The second-order valence-corrected chi connectivity index (χ2v) is 9.50. The van der Waals surface area contributed by atoms with E-state index in [-0.39, 0.29) is 6.04 Å². The fraction of sp³-hybridized carbons (Fsp3) is 0.261. The molecule has 1 aliphatic heterocycles. The van der Waals surface area contributed by atoms with Crippen LogP contribution in [0.15, 0.2) is 62.2 Å². The summed E-state index contributed by atoms with van der Waals surface area (Å²) >= 11 is 7.19. The van der Waals surface area contributed by atoms with E-state index in [2.05, 4.69) is 70.9 Å². The van der Waals surface area contributed by atoms with Gasteiger partial charge in [0.15, 0.2) is 0 Å². The first-order valence-electron chi connectivity index (χ1n) is 10.2. The number of anilines is 1. The van der Waals surface area contributed by atoms with E-state index in [4.69, 9.17) is 9.47 Å². The Morgan fingerprint density at radius 3 is 2.56 bits per heavy atom. The third-order valence-electron chi connectivity index (χ3n) is 5.85. The van der Waals surface area contributed by atoms with Gasteiger partial charge in [-0.2, -0.15) is 4.68 Å². The number of tetrazole rings is 1. The summed E-state index contributed by atoms with van der Waals surface area (Å²) in [5.41, 5.74) is 5.57. The number of hydrogen-bond acceptors (Lipinski definition) is 6. The smallest absolute Gasteiger partial charge is 0.248 e. The van der Waals surface area contributed by atoms with Crippen molar-refractivity contribution in [3.63, 3.8) is 0 Å². The van der Waals surface area contributed by atoms with Gasteiger partial charge in [-0.1, -0.05) is 37.0 Å². The van der Waals surface area contributed by atoms with E-state index in [9.17, 15) is 0 Å². The van der Waals surface area contributed by atoms with Crippen LogP contribution >= 0.6 is 31.9 Å². The average Bonchev–Trinajstić information content (AvgIpc) is 3.26. The second-order valence-electron chi connectivity index (χ2n) is 7.67. The number of benzene rings is 2.